The van der Waals surface area contributed by atoms with Crippen LogP contribution in [-0.2, 0) is 4.79 Å². The van der Waals surface area contributed by atoms with Crippen molar-refractivity contribution in [2.45, 2.75) is 6.42 Å². The molecular formula is C8H15NO3. The molecule has 4 nitrogen and oxygen atoms in total. The second-order valence-corrected chi connectivity index (χ2v) is 2.49. The number of carbonyl (C=O) groups is 1. The Kier molecular flexibility index (Phi) is 6.32. The average molecular weight is 173 g/mol. The lowest BCUT2D eigenvalue weighted by atomic mass is 10.3. The second-order valence-electron chi connectivity index (χ2n) is 2.49. The number of carboxylic acids is 1. The summed E-state index contributed by atoms with van der Waals surface area (Å²) in [7, 11) is 0. The molecule has 0 heterocycles. The Balaban J connectivity index is 3.68. The molecule has 4 heteroatoms. The molecule has 0 spiro atoms. The SMILES string of the molecule is C=CCN(CCCO)CC(=O)O. The fraction of sp³-hybridized carbons (Fsp3) is 0.625. The van der Waals surface area contributed by atoms with Gasteiger partial charge in [0.25, 0.3) is 0 Å². The van der Waals surface area contributed by atoms with Gasteiger partial charge in [0.2, 0.25) is 0 Å². The Bertz CT molecular complexity index is 147. The number of hydrogen-bond donors (Lipinski definition) is 2. The fourth-order valence-electron chi connectivity index (χ4n) is 0.903. The van der Waals surface area contributed by atoms with Gasteiger partial charge in [-0.3, -0.25) is 9.69 Å². The molecule has 70 valence electrons. The number of hydrogen-bond acceptors (Lipinski definition) is 3. The largest absolute Gasteiger partial charge is 0.480 e. The van der Waals surface area contributed by atoms with Crippen molar-refractivity contribution in [1.82, 2.24) is 4.90 Å². The van der Waals surface area contributed by atoms with E-state index in [2.05, 4.69) is 6.58 Å². The first-order chi connectivity index (χ1) is 5.70. The van der Waals surface area contributed by atoms with Crippen molar-refractivity contribution in [3.63, 3.8) is 0 Å². The molecule has 0 amide bonds. The molecule has 0 radical (unpaired) electrons. The summed E-state index contributed by atoms with van der Waals surface area (Å²) in [6.45, 7) is 4.76. The summed E-state index contributed by atoms with van der Waals surface area (Å²) in [5.74, 6) is -0.852. The predicted octanol–water partition coefficient (Wildman–Crippen LogP) is -0.0586. The lowest BCUT2D eigenvalue weighted by Gasteiger charge is -2.16. The minimum Gasteiger partial charge on any atom is -0.480 e. The molecule has 0 atom stereocenters. The molecule has 0 aromatic heterocycles. The van der Waals surface area contributed by atoms with E-state index in [1.54, 1.807) is 11.0 Å². The van der Waals surface area contributed by atoms with E-state index in [0.29, 0.717) is 19.5 Å². The molecule has 0 aromatic carbocycles. The monoisotopic (exact) mass is 173 g/mol. The van der Waals surface area contributed by atoms with Gasteiger partial charge in [0.1, 0.15) is 0 Å². The summed E-state index contributed by atoms with van der Waals surface area (Å²) < 4.78 is 0. The van der Waals surface area contributed by atoms with Gasteiger partial charge >= 0.3 is 5.97 Å². The zero-order valence-electron chi connectivity index (χ0n) is 7.07. The summed E-state index contributed by atoms with van der Waals surface area (Å²) in [6.07, 6.45) is 2.25. The number of aliphatic hydroxyl groups excluding tert-OH is 1. The van der Waals surface area contributed by atoms with E-state index < -0.39 is 5.97 Å². The number of aliphatic carboxylic acids is 1. The van der Waals surface area contributed by atoms with Gasteiger partial charge in [-0.05, 0) is 6.42 Å². The first kappa shape index (κ1) is 11.1. The van der Waals surface area contributed by atoms with Crippen LogP contribution in [0.2, 0.25) is 0 Å². The zero-order valence-corrected chi connectivity index (χ0v) is 7.07. The molecule has 0 aromatic rings. The van der Waals surface area contributed by atoms with Gasteiger partial charge in [-0.1, -0.05) is 6.08 Å². The van der Waals surface area contributed by atoms with Crippen LogP contribution in [0.25, 0.3) is 0 Å². The maximum Gasteiger partial charge on any atom is 0.317 e. The fourth-order valence-corrected chi connectivity index (χ4v) is 0.903. The molecule has 12 heavy (non-hydrogen) atoms. The standard InChI is InChI=1S/C8H15NO3/c1-2-4-9(5-3-6-10)7-8(11)12/h2,10H,1,3-7H2,(H,11,12). The highest BCUT2D eigenvalue weighted by Gasteiger charge is 2.06. The predicted molar refractivity (Wildman–Crippen MR) is 46.0 cm³/mol. The van der Waals surface area contributed by atoms with E-state index in [-0.39, 0.29) is 13.2 Å². The van der Waals surface area contributed by atoms with Crippen LogP contribution in [-0.4, -0.2) is 47.3 Å². The number of rotatable bonds is 7. The van der Waals surface area contributed by atoms with Crippen molar-refractivity contribution in [2.24, 2.45) is 0 Å². The van der Waals surface area contributed by atoms with Gasteiger partial charge < -0.3 is 10.2 Å². The smallest absolute Gasteiger partial charge is 0.317 e. The van der Waals surface area contributed by atoms with E-state index in [9.17, 15) is 4.79 Å². The van der Waals surface area contributed by atoms with Crippen LogP contribution < -0.4 is 0 Å². The first-order valence-corrected chi connectivity index (χ1v) is 3.86. The minimum absolute atomic E-state index is 0.00597. The van der Waals surface area contributed by atoms with Crippen molar-refractivity contribution in [2.75, 3.05) is 26.2 Å². The van der Waals surface area contributed by atoms with E-state index in [4.69, 9.17) is 10.2 Å². The Morgan fingerprint density at radius 2 is 2.25 bits per heavy atom. The third kappa shape index (κ3) is 5.88. The molecule has 0 bridgehead atoms. The van der Waals surface area contributed by atoms with Gasteiger partial charge in [0, 0.05) is 19.7 Å². The quantitative estimate of drug-likeness (QED) is 0.529. The molecule has 0 saturated heterocycles. The van der Waals surface area contributed by atoms with Crippen LogP contribution in [0.3, 0.4) is 0 Å². The number of nitrogens with zero attached hydrogens (tertiary/aromatic N) is 1. The number of carboxylic acid groups (broad SMARTS) is 1. The van der Waals surface area contributed by atoms with Crippen LogP contribution in [0.4, 0.5) is 0 Å². The van der Waals surface area contributed by atoms with E-state index in [1.165, 1.54) is 0 Å². The van der Waals surface area contributed by atoms with Crippen LogP contribution >= 0.6 is 0 Å². The summed E-state index contributed by atoms with van der Waals surface area (Å²) in [6, 6.07) is 0. The Hall–Kier alpha value is -0.870. The van der Waals surface area contributed by atoms with E-state index in [0.717, 1.165) is 0 Å². The Morgan fingerprint density at radius 3 is 2.67 bits per heavy atom. The summed E-state index contributed by atoms with van der Waals surface area (Å²) in [5, 5.41) is 17.0. The molecular weight excluding hydrogens is 158 g/mol. The van der Waals surface area contributed by atoms with Gasteiger partial charge in [-0.2, -0.15) is 0 Å². The van der Waals surface area contributed by atoms with Gasteiger partial charge in [-0.15, -0.1) is 6.58 Å². The van der Waals surface area contributed by atoms with Crippen molar-refractivity contribution in [3.8, 4) is 0 Å². The highest BCUT2D eigenvalue weighted by atomic mass is 16.4. The summed E-state index contributed by atoms with van der Waals surface area (Å²) >= 11 is 0. The lowest BCUT2D eigenvalue weighted by molar-refractivity contribution is -0.138. The molecule has 0 aliphatic carbocycles. The molecule has 0 fully saturated rings. The van der Waals surface area contributed by atoms with Gasteiger partial charge in [0.15, 0.2) is 0 Å². The maximum atomic E-state index is 10.3. The summed E-state index contributed by atoms with van der Waals surface area (Å²) in [5.41, 5.74) is 0. The van der Waals surface area contributed by atoms with Crippen molar-refractivity contribution >= 4 is 5.97 Å². The van der Waals surface area contributed by atoms with Crippen LogP contribution in [0.15, 0.2) is 12.7 Å². The van der Waals surface area contributed by atoms with Crippen LogP contribution in [0.1, 0.15) is 6.42 Å². The normalized spacial score (nSPS) is 10.2. The Morgan fingerprint density at radius 1 is 1.58 bits per heavy atom. The zero-order chi connectivity index (χ0) is 9.40. The highest BCUT2D eigenvalue weighted by molar-refractivity contribution is 5.69. The maximum absolute atomic E-state index is 10.3. The summed E-state index contributed by atoms with van der Waals surface area (Å²) in [4.78, 5) is 12.0. The van der Waals surface area contributed by atoms with Crippen LogP contribution in [0, 0.1) is 0 Å². The molecule has 0 aliphatic heterocycles. The Labute approximate surface area is 72.1 Å². The lowest BCUT2D eigenvalue weighted by Crippen LogP contribution is -2.31. The molecule has 0 saturated carbocycles. The van der Waals surface area contributed by atoms with Crippen molar-refractivity contribution < 1.29 is 15.0 Å². The van der Waals surface area contributed by atoms with E-state index in [1.807, 2.05) is 0 Å². The van der Waals surface area contributed by atoms with Crippen molar-refractivity contribution in [3.05, 3.63) is 12.7 Å². The molecule has 0 rings (SSSR count). The third-order valence-corrected chi connectivity index (χ3v) is 1.38. The van der Waals surface area contributed by atoms with E-state index >= 15 is 0 Å². The molecule has 0 aliphatic rings. The van der Waals surface area contributed by atoms with Gasteiger partial charge in [-0.25, -0.2) is 0 Å². The number of aliphatic hydroxyl groups is 1. The first-order valence-electron chi connectivity index (χ1n) is 3.86. The third-order valence-electron chi connectivity index (χ3n) is 1.38. The second kappa shape index (κ2) is 6.82. The highest BCUT2D eigenvalue weighted by Crippen LogP contribution is 1.91. The van der Waals surface area contributed by atoms with Gasteiger partial charge in [0.05, 0.1) is 6.54 Å². The van der Waals surface area contributed by atoms with Crippen molar-refractivity contribution in [1.29, 1.82) is 0 Å². The molecule has 2 N–H and O–H groups in total. The van der Waals surface area contributed by atoms with Crippen LogP contribution in [0.5, 0.6) is 0 Å². The average Bonchev–Trinajstić information content (AvgIpc) is 2.00. The minimum atomic E-state index is -0.852. The topological polar surface area (TPSA) is 60.8 Å². The molecule has 0 unspecified atom stereocenters.